The van der Waals surface area contributed by atoms with E-state index >= 15 is 0 Å². The molecule has 1 aliphatic rings. The predicted octanol–water partition coefficient (Wildman–Crippen LogP) is 6.01. The van der Waals surface area contributed by atoms with E-state index in [1.54, 1.807) is 32.1 Å². The number of hydrogen-bond donors (Lipinski definition) is 2. The van der Waals surface area contributed by atoms with Crippen molar-refractivity contribution in [3.63, 3.8) is 0 Å². The molecule has 0 radical (unpaired) electrons. The lowest BCUT2D eigenvalue weighted by atomic mass is 9.69. The summed E-state index contributed by atoms with van der Waals surface area (Å²) in [5.41, 5.74) is 3.08. The summed E-state index contributed by atoms with van der Waals surface area (Å²) in [6, 6.07) is 3.26. The molecule has 2 rings (SSSR count). The Hall–Kier alpha value is -2.06. The average molecular weight is 501 g/mol. The van der Waals surface area contributed by atoms with Crippen molar-refractivity contribution in [1.29, 1.82) is 0 Å². The summed E-state index contributed by atoms with van der Waals surface area (Å²) < 4.78 is 48.7. The summed E-state index contributed by atoms with van der Waals surface area (Å²) in [5, 5.41) is 10.9. The number of hydrogen-bond acceptors (Lipinski definition) is 4. The number of allylic oxidation sites excluding steroid dienone is 5. The third-order valence-corrected chi connectivity index (χ3v) is 6.10. The van der Waals surface area contributed by atoms with E-state index in [-0.39, 0.29) is 5.70 Å². The quantitative estimate of drug-likeness (QED) is 0.458. The number of aliphatic hydroxyl groups is 1. The van der Waals surface area contributed by atoms with Gasteiger partial charge in [-0.15, -0.1) is 0 Å². The number of aromatic nitrogens is 1. The van der Waals surface area contributed by atoms with E-state index in [0.717, 1.165) is 4.48 Å². The average Bonchev–Trinajstić information content (AvgIpc) is 2.89. The molecule has 0 saturated carbocycles. The molecular formula is C23H28BrF3N2O2. The van der Waals surface area contributed by atoms with Crippen LogP contribution >= 0.6 is 15.9 Å². The largest absolute Gasteiger partial charge is 0.500 e. The van der Waals surface area contributed by atoms with Gasteiger partial charge in [-0.25, -0.2) is 0 Å². The predicted molar refractivity (Wildman–Crippen MR) is 120 cm³/mol. The minimum atomic E-state index is -4.88. The first-order chi connectivity index (χ1) is 14.4. The van der Waals surface area contributed by atoms with Gasteiger partial charge in [-0.3, -0.25) is 4.98 Å². The first kappa shape index (κ1) is 25.2. The monoisotopic (exact) mass is 500 g/mol. The van der Waals surface area contributed by atoms with E-state index in [1.165, 1.54) is 25.6 Å². The Morgan fingerprint density at radius 2 is 1.97 bits per heavy atom. The van der Waals surface area contributed by atoms with Crippen LogP contribution in [0.4, 0.5) is 13.2 Å². The second kappa shape index (κ2) is 10.0. The lowest BCUT2D eigenvalue weighted by Crippen LogP contribution is -2.49. The van der Waals surface area contributed by atoms with Crippen molar-refractivity contribution in [2.75, 3.05) is 7.11 Å². The highest BCUT2D eigenvalue weighted by Crippen LogP contribution is 2.49. The molecule has 0 saturated heterocycles. The third kappa shape index (κ3) is 6.23. The van der Waals surface area contributed by atoms with Crippen LogP contribution in [0.2, 0.25) is 0 Å². The molecule has 1 aromatic heterocycles. The summed E-state index contributed by atoms with van der Waals surface area (Å²) in [6.45, 7) is 3.51. The summed E-state index contributed by atoms with van der Waals surface area (Å²) in [5.74, 6) is 0.569. The van der Waals surface area contributed by atoms with Gasteiger partial charge in [-0.05, 0) is 53.7 Å². The molecule has 0 spiro atoms. The Balaban J connectivity index is 2.47. The third-order valence-electron chi connectivity index (χ3n) is 5.60. The summed E-state index contributed by atoms with van der Waals surface area (Å²) in [6.07, 6.45) is 4.54. The molecule has 4 nitrogen and oxygen atoms in total. The second-order valence-corrected chi connectivity index (χ2v) is 8.89. The zero-order chi connectivity index (χ0) is 23.3. The molecule has 170 valence electrons. The fourth-order valence-electron chi connectivity index (χ4n) is 3.74. The zero-order valence-corrected chi connectivity index (χ0v) is 19.4. The number of halogens is 4. The van der Waals surface area contributed by atoms with Crippen LogP contribution in [0.1, 0.15) is 45.1 Å². The van der Waals surface area contributed by atoms with Gasteiger partial charge in [0.1, 0.15) is 5.76 Å². The molecule has 0 aliphatic heterocycles. The molecule has 0 aromatic carbocycles. The van der Waals surface area contributed by atoms with Crippen LogP contribution < -0.4 is 5.73 Å². The normalized spacial score (nSPS) is 19.4. The molecule has 1 aromatic rings. The van der Waals surface area contributed by atoms with Crippen LogP contribution in [0.15, 0.2) is 64.3 Å². The van der Waals surface area contributed by atoms with Crippen LogP contribution in [0.3, 0.4) is 0 Å². The molecule has 31 heavy (non-hydrogen) atoms. The van der Waals surface area contributed by atoms with Crippen LogP contribution in [-0.4, -0.2) is 29.0 Å². The number of alkyl halides is 3. The minimum absolute atomic E-state index is 0.0651. The zero-order valence-electron chi connectivity index (χ0n) is 17.8. The van der Waals surface area contributed by atoms with Crippen molar-refractivity contribution in [2.45, 2.75) is 51.3 Å². The lowest BCUT2D eigenvalue weighted by Gasteiger charge is -2.40. The van der Waals surface area contributed by atoms with Gasteiger partial charge in [0.25, 0.3) is 0 Å². The Labute approximate surface area is 189 Å². The van der Waals surface area contributed by atoms with E-state index in [0.29, 0.717) is 29.7 Å². The van der Waals surface area contributed by atoms with Gasteiger partial charge in [0.05, 0.1) is 7.11 Å². The minimum Gasteiger partial charge on any atom is -0.500 e. The van der Waals surface area contributed by atoms with Crippen LogP contribution in [-0.2, 0) is 4.74 Å². The molecule has 3 N–H and O–H groups in total. The van der Waals surface area contributed by atoms with Crippen LogP contribution in [0.25, 0.3) is 6.08 Å². The van der Waals surface area contributed by atoms with Crippen molar-refractivity contribution in [3.05, 3.63) is 69.8 Å². The number of ether oxygens (including phenoxy) is 1. The van der Waals surface area contributed by atoms with Gasteiger partial charge in [-0.1, -0.05) is 41.9 Å². The van der Waals surface area contributed by atoms with E-state index in [2.05, 4.69) is 20.9 Å². The lowest BCUT2D eigenvalue weighted by molar-refractivity contribution is -0.268. The Kier molecular flexibility index (Phi) is 8.16. The van der Waals surface area contributed by atoms with E-state index in [4.69, 9.17) is 10.5 Å². The molecular weight excluding hydrogens is 473 g/mol. The Morgan fingerprint density at radius 3 is 2.52 bits per heavy atom. The number of methoxy groups -OCH3 is 1. The van der Waals surface area contributed by atoms with Crippen molar-refractivity contribution in [2.24, 2.45) is 11.1 Å². The maximum Gasteiger partial charge on any atom is 0.417 e. The van der Waals surface area contributed by atoms with E-state index in [1.807, 2.05) is 12.2 Å². The van der Waals surface area contributed by atoms with Crippen molar-refractivity contribution >= 4 is 22.0 Å². The maximum atomic E-state index is 14.1. The molecule has 2 unspecified atom stereocenters. The molecule has 0 bridgehead atoms. The van der Waals surface area contributed by atoms with Crippen molar-refractivity contribution in [1.82, 2.24) is 4.98 Å². The number of pyridine rings is 1. The SMILES string of the molecule is CCC(C)(CC(O)(C/C(N)=C/c1ccncc1)C(F)(F)F)C1=C(OC)CC=CC(Br)=C1. The summed E-state index contributed by atoms with van der Waals surface area (Å²) in [7, 11) is 1.50. The number of nitrogens with zero attached hydrogens (tertiary/aromatic N) is 1. The molecule has 0 fully saturated rings. The number of rotatable bonds is 8. The van der Waals surface area contributed by atoms with Gasteiger partial charge in [-0.2, -0.15) is 13.2 Å². The van der Waals surface area contributed by atoms with Gasteiger partial charge >= 0.3 is 6.18 Å². The van der Waals surface area contributed by atoms with Crippen LogP contribution in [0, 0.1) is 5.41 Å². The topological polar surface area (TPSA) is 68.4 Å². The van der Waals surface area contributed by atoms with Gasteiger partial charge in [0.2, 0.25) is 0 Å². The van der Waals surface area contributed by atoms with Crippen LogP contribution in [0.5, 0.6) is 0 Å². The van der Waals surface area contributed by atoms with E-state index in [9.17, 15) is 18.3 Å². The standard InChI is InChI=1S/C23H28BrF3N2O2/c1-4-21(2,19-13-17(24)6-5-7-20(19)31-3)15-22(30,23(25,26)27)14-18(28)12-16-8-10-29-11-9-16/h5-6,8-13,30H,4,7,14-15,28H2,1-3H3/b18-12-. The Morgan fingerprint density at radius 1 is 1.32 bits per heavy atom. The molecule has 1 aliphatic carbocycles. The molecule has 0 amide bonds. The fourth-order valence-corrected chi connectivity index (χ4v) is 4.16. The highest BCUT2D eigenvalue weighted by atomic mass is 79.9. The van der Waals surface area contributed by atoms with Gasteiger partial charge in [0, 0.05) is 35.4 Å². The van der Waals surface area contributed by atoms with Crippen molar-refractivity contribution < 1.29 is 23.0 Å². The fraction of sp³-hybridized carbons (Fsp3) is 0.435. The Bertz CT molecular complexity index is 894. The highest BCUT2D eigenvalue weighted by molar-refractivity contribution is 9.11. The van der Waals surface area contributed by atoms with Gasteiger partial charge < -0.3 is 15.6 Å². The highest BCUT2D eigenvalue weighted by Gasteiger charge is 2.56. The smallest absolute Gasteiger partial charge is 0.417 e. The molecule has 1 heterocycles. The number of nitrogens with two attached hydrogens (primary N) is 1. The van der Waals surface area contributed by atoms with Gasteiger partial charge in [0.15, 0.2) is 5.60 Å². The first-order valence-electron chi connectivity index (χ1n) is 9.90. The molecule has 8 heteroatoms. The van der Waals surface area contributed by atoms with E-state index < -0.39 is 30.0 Å². The maximum absolute atomic E-state index is 14.1. The first-order valence-corrected chi connectivity index (χ1v) is 10.7. The molecule has 2 atom stereocenters. The van der Waals surface area contributed by atoms with Crippen molar-refractivity contribution in [3.8, 4) is 0 Å². The summed E-state index contributed by atoms with van der Waals surface area (Å²) >= 11 is 3.42. The second-order valence-electron chi connectivity index (χ2n) is 7.97. The summed E-state index contributed by atoms with van der Waals surface area (Å²) in [4.78, 5) is 3.88.